The van der Waals surface area contributed by atoms with Gasteiger partial charge in [0.05, 0.1) is 11.2 Å². The van der Waals surface area contributed by atoms with Gasteiger partial charge in [0.1, 0.15) is 0 Å². The molecule has 0 N–H and O–H groups in total. The third-order valence-corrected chi connectivity index (χ3v) is 5.64. The highest BCUT2D eigenvalue weighted by Crippen LogP contribution is 2.32. The number of fused-ring (bicyclic) bond motifs is 1. The van der Waals surface area contributed by atoms with E-state index in [1.807, 2.05) is 42.6 Å². The highest BCUT2D eigenvalue weighted by atomic mass is 35.5. The Bertz CT molecular complexity index is 1040. The zero-order valence-corrected chi connectivity index (χ0v) is 14.2. The van der Waals surface area contributed by atoms with Gasteiger partial charge in [-0.15, -0.1) is 0 Å². The maximum absolute atomic E-state index is 6.06. The predicted octanol–water partition coefficient (Wildman–Crippen LogP) is 5.31. The molecule has 4 rings (SSSR count). The van der Waals surface area contributed by atoms with E-state index in [0.29, 0.717) is 5.15 Å². The van der Waals surface area contributed by atoms with E-state index < -0.39 is 0 Å². The second-order valence-electron chi connectivity index (χ2n) is 4.85. The van der Waals surface area contributed by atoms with Crippen LogP contribution in [0, 0.1) is 0 Å². The number of nitrogens with zero attached hydrogens (tertiary/aromatic N) is 3. The van der Waals surface area contributed by atoms with Crippen LogP contribution >= 0.6 is 32.5 Å². The van der Waals surface area contributed by atoms with Gasteiger partial charge in [-0.1, -0.05) is 54.1 Å². The lowest BCUT2D eigenvalue weighted by Crippen LogP contribution is -1.93. The van der Waals surface area contributed by atoms with Gasteiger partial charge in [-0.3, -0.25) is 4.98 Å². The highest BCUT2D eigenvalue weighted by Gasteiger charge is 2.08. The summed E-state index contributed by atoms with van der Waals surface area (Å²) in [5, 5.41) is 1.51. The minimum absolute atomic E-state index is 0.441. The molecule has 0 fully saturated rings. The Morgan fingerprint density at radius 1 is 0.957 bits per heavy atom. The van der Waals surface area contributed by atoms with Gasteiger partial charge in [0.2, 0.25) is 0 Å². The molecule has 0 aliphatic heterocycles. The first-order valence-electron chi connectivity index (χ1n) is 6.92. The van der Waals surface area contributed by atoms with Crippen molar-refractivity contribution in [3.63, 3.8) is 0 Å². The molecule has 2 heterocycles. The van der Waals surface area contributed by atoms with Crippen molar-refractivity contribution in [2.45, 2.75) is 0 Å². The highest BCUT2D eigenvalue weighted by molar-refractivity contribution is 7.66. The standard InChI is InChI=1S/C17H10ClN3S2/c18-16-17(22-23-21-16)20-14-8-4-7-13-12(9-10-19-15(13)14)11-5-2-1-3-6-11/h1-10H. The minimum Gasteiger partial charge on any atom is -0.254 e. The van der Waals surface area contributed by atoms with Crippen molar-refractivity contribution in [1.29, 1.82) is 0 Å². The van der Waals surface area contributed by atoms with Crippen molar-refractivity contribution in [1.82, 2.24) is 9.36 Å². The van der Waals surface area contributed by atoms with Crippen molar-refractivity contribution in [3.05, 3.63) is 70.6 Å². The molecule has 0 saturated heterocycles. The van der Waals surface area contributed by atoms with Crippen LogP contribution in [0.15, 0.2) is 65.8 Å². The van der Waals surface area contributed by atoms with Gasteiger partial charge in [-0.05, 0) is 33.6 Å². The fourth-order valence-corrected chi connectivity index (χ4v) is 4.44. The summed E-state index contributed by atoms with van der Waals surface area (Å²) in [6.45, 7) is 0. The first-order valence-corrected chi connectivity index (χ1v) is 9.41. The maximum Gasteiger partial charge on any atom is 0.179 e. The van der Waals surface area contributed by atoms with Crippen LogP contribution in [0.25, 0.3) is 22.0 Å². The van der Waals surface area contributed by atoms with Crippen LogP contribution in [0.5, 0.6) is 0 Å². The summed E-state index contributed by atoms with van der Waals surface area (Å²) in [4.78, 5) is 9.16. The van der Waals surface area contributed by atoms with E-state index in [1.54, 1.807) is 0 Å². The van der Waals surface area contributed by atoms with Crippen molar-refractivity contribution >= 4 is 49.1 Å². The average molecular weight is 356 g/mol. The minimum atomic E-state index is 0.441. The van der Waals surface area contributed by atoms with Gasteiger partial charge in [0, 0.05) is 22.1 Å². The lowest BCUT2D eigenvalue weighted by Gasteiger charge is -2.07. The molecule has 4 aromatic rings. The average Bonchev–Trinajstić information content (AvgIpc) is 3.00. The van der Waals surface area contributed by atoms with Crippen LogP contribution in [0.3, 0.4) is 0 Å². The molecular formula is C17H10ClN3S2. The smallest absolute Gasteiger partial charge is 0.179 e. The van der Waals surface area contributed by atoms with Gasteiger partial charge >= 0.3 is 0 Å². The first-order chi connectivity index (χ1) is 11.3. The monoisotopic (exact) mass is 355 g/mol. The molecule has 0 saturated carbocycles. The Morgan fingerprint density at radius 3 is 2.61 bits per heavy atom. The number of rotatable bonds is 2. The quantitative estimate of drug-likeness (QED) is 0.457. The van der Waals surface area contributed by atoms with E-state index in [9.17, 15) is 0 Å². The summed E-state index contributed by atoms with van der Waals surface area (Å²) >= 11 is 6.06. The molecule has 2 aromatic heterocycles. The fourth-order valence-electron chi connectivity index (χ4n) is 2.45. The maximum atomic E-state index is 6.06. The molecule has 23 heavy (non-hydrogen) atoms. The number of hydrogen-bond donors (Lipinski definition) is 0. The van der Waals surface area contributed by atoms with Gasteiger partial charge in [-0.25, -0.2) is 4.99 Å². The van der Waals surface area contributed by atoms with Crippen molar-refractivity contribution < 1.29 is 0 Å². The molecule has 0 amide bonds. The molecule has 112 valence electrons. The SMILES string of the molecule is Clc1nssc1=Nc1cccc2c(-c3ccccc3)ccnc12. The normalized spacial score (nSPS) is 12.0. The van der Waals surface area contributed by atoms with Gasteiger partial charge < -0.3 is 0 Å². The van der Waals surface area contributed by atoms with Crippen LogP contribution in [-0.2, 0) is 0 Å². The largest absolute Gasteiger partial charge is 0.254 e. The molecule has 0 bridgehead atoms. The van der Waals surface area contributed by atoms with Gasteiger partial charge in [0.25, 0.3) is 0 Å². The zero-order valence-electron chi connectivity index (χ0n) is 11.8. The molecule has 0 aliphatic rings. The van der Waals surface area contributed by atoms with E-state index in [2.05, 4.69) is 32.5 Å². The Morgan fingerprint density at radius 2 is 1.83 bits per heavy atom. The number of hydrogen-bond acceptors (Lipinski definition) is 5. The van der Waals surface area contributed by atoms with E-state index >= 15 is 0 Å². The van der Waals surface area contributed by atoms with E-state index in [1.165, 1.54) is 20.9 Å². The lowest BCUT2D eigenvalue weighted by molar-refractivity contribution is 1.35. The molecule has 0 atom stereocenters. The van der Waals surface area contributed by atoms with Crippen LogP contribution in [0.4, 0.5) is 5.69 Å². The van der Waals surface area contributed by atoms with E-state index in [0.717, 1.165) is 32.4 Å². The van der Waals surface area contributed by atoms with E-state index in [-0.39, 0.29) is 0 Å². The lowest BCUT2D eigenvalue weighted by atomic mass is 10.0. The molecule has 0 radical (unpaired) electrons. The Hall–Kier alpha value is -2.08. The summed E-state index contributed by atoms with van der Waals surface area (Å²) in [6.07, 6.45) is 1.82. The number of pyridine rings is 1. The summed E-state index contributed by atoms with van der Waals surface area (Å²) in [7, 11) is 2.79. The summed E-state index contributed by atoms with van der Waals surface area (Å²) in [6, 6.07) is 18.3. The number of aromatic nitrogens is 2. The number of halogens is 1. The van der Waals surface area contributed by atoms with E-state index in [4.69, 9.17) is 11.6 Å². The van der Waals surface area contributed by atoms with Gasteiger partial charge in [-0.2, -0.15) is 4.37 Å². The van der Waals surface area contributed by atoms with Crippen LogP contribution < -0.4 is 4.67 Å². The molecule has 3 nitrogen and oxygen atoms in total. The van der Waals surface area contributed by atoms with Crippen LogP contribution in [0.2, 0.25) is 5.15 Å². The zero-order chi connectivity index (χ0) is 15.6. The van der Waals surface area contributed by atoms with Crippen LogP contribution in [-0.4, -0.2) is 9.36 Å². The Balaban J connectivity index is 1.98. The van der Waals surface area contributed by atoms with Crippen molar-refractivity contribution in [3.8, 4) is 11.1 Å². The fraction of sp³-hybridized carbons (Fsp3) is 0. The van der Waals surface area contributed by atoms with Crippen molar-refractivity contribution in [2.24, 2.45) is 4.99 Å². The second kappa shape index (κ2) is 6.20. The molecule has 2 aromatic carbocycles. The molecular weight excluding hydrogens is 346 g/mol. The van der Waals surface area contributed by atoms with Crippen LogP contribution in [0.1, 0.15) is 0 Å². The Kier molecular flexibility index (Phi) is 3.91. The molecule has 0 aliphatic carbocycles. The number of benzene rings is 2. The third kappa shape index (κ3) is 2.79. The first kappa shape index (κ1) is 14.5. The van der Waals surface area contributed by atoms with Crippen molar-refractivity contribution in [2.75, 3.05) is 0 Å². The topological polar surface area (TPSA) is 38.1 Å². The third-order valence-electron chi connectivity index (χ3n) is 3.47. The summed E-state index contributed by atoms with van der Waals surface area (Å²) in [5.74, 6) is 0. The molecule has 0 unspecified atom stereocenters. The predicted molar refractivity (Wildman–Crippen MR) is 97.4 cm³/mol. The Labute approximate surface area is 145 Å². The second-order valence-corrected chi connectivity index (χ2v) is 7.05. The summed E-state index contributed by atoms with van der Waals surface area (Å²) in [5.41, 5.74) is 3.97. The van der Waals surface area contributed by atoms with Gasteiger partial charge in [0.15, 0.2) is 9.82 Å². The molecule has 0 spiro atoms. The number of para-hydroxylation sites is 1. The molecule has 6 heteroatoms. The summed E-state index contributed by atoms with van der Waals surface area (Å²) < 4.78 is 4.79.